The predicted molar refractivity (Wildman–Crippen MR) is 337 cm³/mol. The van der Waals surface area contributed by atoms with Gasteiger partial charge in [0.05, 0.1) is 12.5 Å². The van der Waals surface area contributed by atoms with Crippen molar-refractivity contribution >= 4 is 49.6 Å². The van der Waals surface area contributed by atoms with Gasteiger partial charge >= 0.3 is 12.2 Å². The van der Waals surface area contributed by atoms with Crippen LogP contribution in [0.1, 0.15) is 169 Å². The van der Waals surface area contributed by atoms with Crippen molar-refractivity contribution in [1.82, 2.24) is 28.2 Å². The molecule has 3 unspecified atom stereocenters. The van der Waals surface area contributed by atoms with Crippen LogP contribution >= 0.6 is 0 Å². The zero-order valence-corrected chi connectivity index (χ0v) is 54.2. The molecule has 0 spiro atoms. The highest BCUT2D eigenvalue weighted by atomic mass is 32.2. The first kappa shape index (κ1) is 65.6. The molecule has 6 heterocycles. The van der Waals surface area contributed by atoms with Crippen LogP contribution in [-0.2, 0) is 75.0 Å². The molecule has 4 aromatic carbocycles. The number of carbonyl (C=O) groups is 5. The minimum Gasteiger partial charge on any atom is -0.444 e. The minimum atomic E-state index is -3.22. The number of sulfonamides is 2. The molecule has 19 heteroatoms. The van der Waals surface area contributed by atoms with Gasteiger partial charge in [-0.3, -0.25) is 24.2 Å². The van der Waals surface area contributed by atoms with Gasteiger partial charge in [-0.25, -0.2) is 26.4 Å². The molecular formula is C68H92N6O11S2. The zero-order chi connectivity index (χ0) is 62.4. The van der Waals surface area contributed by atoms with Crippen molar-refractivity contribution in [2.24, 2.45) is 17.8 Å². The van der Waals surface area contributed by atoms with Crippen LogP contribution < -0.4 is 0 Å². The third-order valence-corrected chi connectivity index (χ3v) is 20.5. The monoisotopic (exact) mass is 1230 g/mol. The molecule has 17 nitrogen and oxygen atoms in total. The molecule has 3 saturated heterocycles. The number of carbonyl (C=O) groups excluding carboxylic acids is 5. The number of hydrogen-bond donors (Lipinski definition) is 0. The van der Waals surface area contributed by atoms with Crippen LogP contribution in [0.15, 0.2) is 84.9 Å². The number of nitrogens with zero attached hydrogens (tertiary/aromatic N) is 6. The van der Waals surface area contributed by atoms with Crippen molar-refractivity contribution in [2.45, 2.75) is 162 Å². The number of piperidine rings is 3. The molecule has 0 N–H and O–H groups in total. The normalized spacial score (nSPS) is 21.7. The molecule has 7 aliphatic rings. The van der Waals surface area contributed by atoms with E-state index in [1.807, 2.05) is 84.0 Å². The summed E-state index contributed by atoms with van der Waals surface area (Å²) in [5.74, 6) is 0.151. The lowest BCUT2D eigenvalue weighted by atomic mass is 9.84. The molecular weight excluding hydrogens is 1140 g/mol. The van der Waals surface area contributed by atoms with Gasteiger partial charge in [-0.05, 0) is 176 Å². The Morgan fingerprint density at radius 3 is 1.26 bits per heavy atom. The number of fused-ring (bicyclic) bond motifs is 3. The average Bonchev–Trinajstić information content (AvgIpc) is 1.40. The maximum atomic E-state index is 13.3. The van der Waals surface area contributed by atoms with Gasteiger partial charge in [0.1, 0.15) is 11.2 Å². The second-order valence-electron chi connectivity index (χ2n) is 27.1. The summed E-state index contributed by atoms with van der Waals surface area (Å²) < 4.78 is 61.0. The molecule has 0 aromatic heterocycles. The average molecular weight is 1230 g/mol. The number of ketones is 3. The van der Waals surface area contributed by atoms with Crippen LogP contribution in [0.5, 0.6) is 0 Å². The van der Waals surface area contributed by atoms with Crippen molar-refractivity contribution in [1.29, 1.82) is 0 Å². The summed E-state index contributed by atoms with van der Waals surface area (Å²) in [6.45, 7) is 19.7. The van der Waals surface area contributed by atoms with Gasteiger partial charge in [-0.15, -0.1) is 0 Å². The van der Waals surface area contributed by atoms with E-state index in [-0.39, 0.29) is 47.3 Å². The maximum absolute atomic E-state index is 13.3. The van der Waals surface area contributed by atoms with Crippen LogP contribution in [0.3, 0.4) is 0 Å². The van der Waals surface area contributed by atoms with Gasteiger partial charge < -0.3 is 19.3 Å². The van der Waals surface area contributed by atoms with E-state index in [0.717, 1.165) is 111 Å². The summed E-state index contributed by atoms with van der Waals surface area (Å²) in [5.41, 5.74) is 9.15. The Morgan fingerprint density at radius 1 is 0.460 bits per heavy atom. The first-order valence-corrected chi connectivity index (χ1v) is 35.2. The van der Waals surface area contributed by atoms with E-state index in [1.165, 1.54) is 57.1 Å². The molecule has 87 heavy (non-hydrogen) atoms. The number of hydrogen-bond acceptors (Lipinski definition) is 13. The number of amides is 2. The number of likely N-dealkylation sites (tertiary alicyclic amines) is 3. The van der Waals surface area contributed by atoms with E-state index in [9.17, 15) is 40.8 Å². The van der Waals surface area contributed by atoms with Crippen LogP contribution in [0, 0.1) is 17.8 Å². The highest BCUT2D eigenvalue weighted by Gasteiger charge is 2.36. The molecule has 0 bridgehead atoms. The third-order valence-electron chi connectivity index (χ3n) is 18.0. The van der Waals surface area contributed by atoms with Gasteiger partial charge in [0.25, 0.3) is 0 Å². The van der Waals surface area contributed by atoms with E-state index >= 15 is 0 Å². The van der Waals surface area contributed by atoms with Gasteiger partial charge in [0.2, 0.25) is 20.0 Å². The highest BCUT2D eigenvalue weighted by molar-refractivity contribution is 7.88. The van der Waals surface area contributed by atoms with Crippen molar-refractivity contribution in [2.75, 3.05) is 71.4 Å². The quantitative estimate of drug-likeness (QED) is 0.129. The van der Waals surface area contributed by atoms with Crippen molar-refractivity contribution in [3.05, 3.63) is 141 Å². The summed E-state index contributed by atoms with van der Waals surface area (Å²) in [4.78, 5) is 72.5. The molecule has 1 aliphatic carbocycles. The Kier molecular flexibility index (Phi) is 21.1. The standard InChI is InChI=1S/C27H34N2O3.C21H30N2O5S.C20H28N2O3S/c1-27(2,3)32-26(31)29-14-7-10-24(19-29)25(30)22-11-12-23-18-28(15-13-21(23)16-22)17-20-8-5-4-6-9-20;1-21(2,3)28-20(25)22-10-5-6-18(13-22)19(24)16-7-8-17-14-23(29(4,26)27)11-9-15(17)12-16;1-26(24,25)22-11-9-15-12-16(7-8-17(15)14-22)20(23)18-4-3-10-21(13-18)19-5-2-6-19/h4-6,8-9,11-12,16,24H,7,10,13-15,17-19H2,1-3H3;7-8,12,18H,5-6,9-11,13-14H2,1-4H3;7-8,12,18-19H,2-6,9-11,13-14H2,1H3. The minimum absolute atomic E-state index is 0.0339. The first-order valence-electron chi connectivity index (χ1n) is 31.5. The van der Waals surface area contributed by atoms with E-state index < -0.39 is 31.2 Å². The van der Waals surface area contributed by atoms with Crippen molar-refractivity contribution in [3.8, 4) is 0 Å². The number of rotatable bonds is 11. The Labute approximate surface area is 517 Å². The van der Waals surface area contributed by atoms with Crippen molar-refractivity contribution in [3.63, 3.8) is 0 Å². The molecule has 0 radical (unpaired) electrons. The fourth-order valence-corrected chi connectivity index (χ4v) is 14.6. The fraction of sp³-hybridized carbons (Fsp3) is 0.574. The van der Waals surface area contributed by atoms with E-state index in [1.54, 1.807) is 15.9 Å². The smallest absolute Gasteiger partial charge is 0.410 e. The Balaban J connectivity index is 0.000000156. The Bertz CT molecular complexity index is 3370. The summed E-state index contributed by atoms with van der Waals surface area (Å²) in [7, 11) is -6.39. The molecule has 472 valence electrons. The van der Waals surface area contributed by atoms with Gasteiger partial charge in [0, 0.05) is 119 Å². The number of Topliss-reactive ketones (excluding diaryl/α,β-unsaturated/α-hetero) is 3. The summed E-state index contributed by atoms with van der Waals surface area (Å²) in [6.07, 6.45) is 13.2. The molecule has 1 saturated carbocycles. The van der Waals surface area contributed by atoms with Gasteiger partial charge in [-0.1, -0.05) is 73.2 Å². The van der Waals surface area contributed by atoms with Crippen LogP contribution in [0.2, 0.25) is 0 Å². The largest absolute Gasteiger partial charge is 0.444 e. The third kappa shape index (κ3) is 17.7. The first-order chi connectivity index (χ1) is 41.1. The lowest BCUT2D eigenvalue weighted by Gasteiger charge is -2.42. The fourth-order valence-electron chi connectivity index (χ4n) is 13.0. The second kappa shape index (κ2) is 27.9. The molecule has 6 aliphatic heterocycles. The summed E-state index contributed by atoms with van der Waals surface area (Å²) >= 11 is 0. The molecule has 4 fully saturated rings. The van der Waals surface area contributed by atoms with E-state index in [0.29, 0.717) is 76.8 Å². The number of benzene rings is 4. The predicted octanol–water partition coefficient (Wildman–Crippen LogP) is 10.4. The topological polar surface area (TPSA) is 192 Å². The summed E-state index contributed by atoms with van der Waals surface area (Å²) in [6, 6.07) is 28.8. The molecule has 11 rings (SSSR count). The SMILES string of the molecule is CC(C)(C)OC(=O)N1CCCC(C(=O)c2ccc3c(c2)CCN(Cc2ccccc2)C3)C1.CC(C)(C)OC(=O)N1CCCC(C(=O)c2ccc3c(c2)CCN(S(C)(=O)=O)C3)C1.CS(=O)(=O)N1CCc2cc(C(=O)C3CCCN(C4CCC4)C3)ccc2C1. The van der Waals surface area contributed by atoms with E-state index in [4.69, 9.17) is 9.47 Å². The zero-order valence-electron chi connectivity index (χ0n) is 52.6. The lowest BCUT2D eigenvalue weighted by molar-refractivity contribution is 0.0159. The second-order valence-corrected chi connectivity index (χ2v) is 31.1. The van der Waals surface area contributed by atoms with Crippen molar-refractivity contribution < 1.29 is 50.3 Å². The van der Waals surface area contributed by atoms with Gasteiger partial charge in [-0.2, -0.15) is 8.61 Å². The highest BCUT2D eigenvalue weighted by Crippen LogP contribution is 2.33. The summed E-state index contributed by atoms with van der Waals surface area (Å²) in [5, 5.41) is 0. The Hall–Kier alpha value is -5.83. The number of ether oxygens (including phenoxy) is 2. The van der Waals surface area contributed by atoms with Crippen LogP contribution in [0.25, 0.3) is 0 Å². The van der Waals surface area contributed by atoms with Gasteiger partial charge in [0.15, 0.2) is 17.3 Å². The Morgan fingerprint density at radius 2 is 0.862 bits per heavy atom. The maximum Gasteiger partial charge on any atom is 0.410 e. The van der Waals surface area contributed by atoms with Crippen LogP contribution in [0.4, 0.5) is 9.59 Å². The molecule has 2 amide bonds. The molecule has 3 atom stereocenters. The van der Waals surface area contributed by atoms with E-state index in [2.05, 4.69) is 46.2 Å². The lowest BCUT2D eigenvalue weighted by Crippen LogP contribution is -2.47. The molecule has 4 aromatic rings. The van der Waals surface area contributed by atoms with Crippen LogP contribution in [-0.4, -0.2) is 163 Å².